The first kappa shape index (κ1) is 26.0. The van der Waals surface area contributed by atoms with Crippen LogP contribution in [0, 0.1) is 5.41 Å². The molecule has 0 aliphatic carbocycles. The van der Waals surface area contributed by atoms with Gasteiger partial charge in [-0.1, -0.05) is 24.3 Å². The summed E-state index contributed by atoms with van der Waals surface area (Å²) >= 11 is 0. The molecular formula is C29H38N3O4+. The first-order chi connectivity index (χ1) is 17.2. The summed E-state index contributed by atoms with van der Waals surface area (Å²) in [4.78, 5) is 27.2. The van der Waals surface area contributed by atoms with E-state index < -0.39 is 11.5 Å². The van der Waals surface area contributed by atoms with Crippen LogP contribution < -0.4 is 10.1 Å². The van der Waals surface area contributed by atoms with E-state index in [2.05, 4.69) is 28.4 Å². The van der Waals surface area contributed by atoms with Gasteiger partial charge >= 0.3 is 5.91 Å². The summed E-state index contributed by atoms with van der Waals surface area (Å²) in [6, 6.07) is 15.5. The van der Waals surface area contributed by atoms with Crippen LogP contribution in [0.25, 0.3) is 0 Å². The molecule has 7 nitrogen and oxygen atoms in total. The second-order valence-electron chi connectivity index (χ2n) is 10.8. The Kier molecular flexibility index (Phi) is 8.21. The van der Waals surface area contributed by atoms with Gasteiger partial charge in [-0.05, 0) is 62.6 Å². The molecule has 2 heterocycles. The Balaban J connectivity index is 1.21. The Hall–Kier alpha value is -3.03. The van der Waals surface area contributed by atoms with Crippen LogP contribution in [0.4, 0.5) is 0 Å². The number of fused-ring (bicyclic) bond motifs is 1. The molecule has 2 aromatic carbocycles. The highest BCUT2D eigenvalue weighted by molar-refractivity contribution is 5.94. The predicted molar refractivity (Wildman–Crippen MR) is 140 cm³/mol. The minimum absolute atomic E-state index is 0.00518. The summed E-state index contributed by atoms with van der Waals surface area (Å²) in [7, 11) is 0. The highest BCUT2D eigenvalue weighted by Gasteiger charge is 2.34. The molecule has 2 aromatic rings. The summed E-state index contributed by atoms with van der Waals surface area (Å²) in [5, 5.41) is 13.3. The van der Waals surface area contributed by atoms with Gasteiger partial charge in [-0.2, -0.15) is 4.58 Å². The van der Waals surface area contributed by atoms with E-state index in [4.69, 9.17) is 4.74 Å². The van der Waals surface area contributed by atoms with Gasteiger partial charge in [0.15, 0.2) is 12.8 Å². The molecule has 192 valence electrons. The van der Waals surface area contributed by atoms with E-state index in [-0.39, 0.29) is 24.5 Å². The van der Waals surface area contributed by atoms with Crippen LogP contribution in [0.1, 0.15) is 55.1 Å². The Morgan fingerprint density at radius 1 is 1.14 bits per heavy atom. The lowest BCUT2D eigenvalue weighted by atomic mass is 9.94. The van der Waals surface area contributed by atoms with Crippen molar-refractivity contribution in [3.63, 3.8) is 0 Å². The third-order valence-electron chi connectivity index (χ3n) is 6.78. The van der Waals surface area contributed by atoms with Crippen molar-refractivity contribution in [2.45, 2.75) is 58.8 Å². The summed E-state index contributed by atoms with van der Waals surface area (Å²) in [5.74, 6) is 0.612. The van der Waals surface area contributed by atoms with Crippen molar-refractivity contribution >= 4 is 18.0 Å². The average molecular weight is 493 g/mol. The number of hydrogen-bond donors (Lipinski definition) is 2. The number of β-amino-alcohol motifs (C(OH)–C–C–N with tert-alkyl or cyclic N) is 1. The number of aliphatic hydroxyl groups excluding tert-OH is 1. The van der Waals surface area contributed by atoms with Gasteiger partial charge in [0.25, 0.3) is 5.91 Å². The van der Waals surface area contributed by atoms with Crippen LogP contribution in [-0.4, -0.2) is 71.0 Å². The van der Waals surface area contributed by atoms with E-state index in [1.807, 2.05) is 33.1 Å². The molecular weight excluding hydrogens is 454 g/mol. The molecule has 36 heavy (non-hydrogen) atoms. The van der Waals surface area contributed by atoms with Gasteiger partial charge in [0.05, 0.1) is 17.9 Å². The minimum Gasteiger partial charge on any atom is -0.490 e. The number of aliphatic hydroxyl groups is 1. The fourth-order valence-electron chi connectivity index (χ4n) is 4.72. The van der Waals surface area contributed by atoms with Crippen molar-refractivity contribution in [3.05, 3.63) is 65.2 Å². The number of amides is 2. The number of carbonyl (C=O) groups is 2. The van der Waals surface area contributed by atoms with E-state index in [0.29, 0.717) is 30.8 Å². The number of nitrogens with zero attached hydrogens (tertiary/aromatic N) is 2. The Morgan fingerprint density at radius 2 is 1.86 bits per heavy atom. The zero-order chi connectivity index (χ0) is 25.7. The van der Waals surface area contributed by atoms with E-state index in [1.165, 1.54) is 11.1 Å². The molecule has 2 N–H and O–H groups in total. The van der Waals surface area contributed by atoms with Gasteiger partial charge in [0.2, 0.25) is 0 Å². The second-order valence-corrected chi connectivity index (χ2v) is 10.8. The zero-order valence-electron chi connectivity index (χ0n) is 21.6. The number of ether oxygens (including phenoxy) is 1. The normalized spacial score (nSPS) is 19.1. The minimum atomic E-state index is -0.630. The Morgan fingerprint density at radius 3 is 2.53 bits per heavy atom. The number of carbonyl (C=O) groups excluding carboxylic acids is 2. The van der Waals surface area contributed by atoms with E-state index >= 15 is 0 Å². The lowest BCUT2D eigenvalue weighted by Crippen LogP contribution is -2.42. The van der Waals surface area contributed by atoms with Gasteiger partial charge in [-0.15, -0.1) is 0 Å². The lowest BCUT2D eigenvalue weighted by Gasteiger charge is -2.30. The molecule has 2 aliphatic rings. The van der Waals surface area contributed by atoms with Crippen molar-refractivity contribution in [2.24, 2.45) is 5.41 Å². The van der Waals surface area contributed by atoms with Crippen LogP contribution in [0.3, 0.4) is 0 Å². The Bertz CT molecular complexity index is 1100. The molecule has 2 amide bonds. The SMILES string of the molecule is CC(C)(C)C(=O)[N+]1=CCC(Oc2ccc(C(=O)NC[C@H](O)CN3CCc4ccccc4C3)cc2)CC1. The number of nitrogens with one attached hydrogen (secondary N) is 1. The maximum Gasteiger partial charge on any atom is 0.391 e. The summed E-state index contributed by atoms with van der Waals surface area (Å²) < 4.78 is 7.86. The first-order valence-electron chi connectivity index (χ1n) is 12.9. The third kappa shape index (κ3) is 6.80. The van der Waals surface area contributed by atoms with Gasteiger partial charge in [-0.3, -0.25) is 9.69 Å². The van der Waals surface area contributed by atoms with Crippen molar-refractivity contribution < 1.29 is 24.0 Å². The molecule has 4 rings (SSSR count). The van der Waals surface area contributed by atoms with Gasteiger partial charge < -0.3 is 15.2 Å². The monoisotopic (exact) mass is 492 g/mol. The van der Waals surface area contributed by atoms with Crippen LogP contribution in [0.2, 0.25) is 0 Å². The maximum atomic E-state index is 12.6. The molecule has 2 aliphatic heterocycles. The van der Waals surface area contributed by atoms with Crippen LogP contribution in [-0.2, 0) is 17.8 Å². The van der Waals surface area contributed by atoms with Crippen LogP contribution in [0.15, 0.2) is 48.5 Å². The number of rotatable bonds is 7. The molecule has 0 bridgehead atoms. The number of hydrogen-bond acceptors (Lipinski definition) is 5. The van der Waals surface area contributed by atoms with Gasteiger partial charge in [0, 0.05) is 38.2 Å². The van der Waals surface area contributed by atoms with Gasteiger partial charge in [-0.25, -0.2) is 4.79 Å². The summed E-state index contributed by atoms with van der Waals surface area (Å²) in [6.45, 7) is 8.90. The third-order valence-corrected chi connectivity index (χ3v) is 6.78. The first-order valence-corrected chi connectivity index (χ1v) is 12.9. The standard InChI is InChI=1S/C29H37N3O4/c1-29(2,3)28(35)32-16-13-26(14-17-32)36-25-10-8-22(9-11-25)27(34)30-18-24(33)20-31-15-12-21-6-4-5-7-23(21)19-31/h4-11,16,24,26,33H,12-15,17-20H2,1-3H3/p+1/t24-,26?/m0/s1. The molecule has 7 heteroatoms. The molecule has 0 saturated carbocycles. The topological polar surface area (TPSA) is 81.9 Å². The molecule has 2 atom stereocenters. The lowest BCUT2D eigenvalue weighted by molar-refractivity contribution is -0.459. The van der Waals surface area contributed by atoms with Crippen molar-refractivity contribution in [3.8, 4) is 5.75 Å². The predicted octanol–water partition coefficient (Wildman–Crippen LogP) is 3.03. The van der Waals surface area contributed by atoms with Crippen molar-refractivity contribution in [1.82, 2.24) is 10.2 Å². The highest BCUT2D eigenvalue weighted by atomic mass is 16.5. The second kappa shape index (κ2) is 11.4. The molecule has 0 radical (unpaired) electrons. The quantitative estimate of drug-likeness (QED) is 0.581. The molecule has 0 fully saturated rings. The smallest absolute Gasteiger partial charge is 0.391 e. The molecule has 0 spiro atoms. The zero-order valence-corrected chi connectivity index (χ0v) is 21.6. The fourth-order valence-corrected chi connectivity index (χ4v) is 4.72. The summed E-state index contributed by atoms with van der Waals surface area (Å²) in [5.41, 5.74) is 2.82. The van der Waals surface area contributed by atoms with Gasteiger partial charge in [0.1, 0.15) is 11.9 Å². The van der Waals surface area contributed by atoms with Crippen molar-refractivity contribution in [2.75, 3.05) is 26.2 Å². The summed E-state index contributed by atoms with van der Waals surface area (Å²) in [6.07, 6.45) is 3.72. The van der Waals surface area contributed by atoms with E-state index in [0.717, 1.165) is 25.9 Å². The molecule has 1 unspecified atom stereocenters. The highest BCUT2D eigenvalue weighted by Crippen LogP contribution is 2.21. The van der Waals surface area contributed by atoms with E-state index in [1.54, 1.807) is 28.8 Å². The number of benzene rings is 2. The Labute approximate surface area is 213 Å². The van der Waals surface area contributed by atoms with Crippen molar-refractivity contribution in [1.29, 1.82) is 0 Å². The van der Waals surface area contributed by atoms with Crippen LogP contribution >= 0.6 is 0 Å². The largest absolute Gasteiger partial charge is 0.490 e. The van der Waals surface area contributed by atoms with E-state index in [9.17, 15) is 14.7 Å². The fraction of sp³-hybridized carbons (Fsp3) is 0.483. The maximum absolute atomic E-state index is 12.6. The molecule has 0 aromatic heterocycles. The molecule has 0 saturated heterocycles. The van der Waals surface area contributed by atoms with Crippen LogP contribution in [0.5, 0.6) is 5.75 Å². The average Bonchev–Trinajstić information content (AvgIpc) is 2.87.